The summed E-state index contributed by atoms with van der Waals surface area (Å²) in [5, 5.41) is 9.57. The van der Waals surface area contributed by atoms with Crippen LogP contribution in [-0.2, 0) is 11.2 Å². The fourth-order valence-electron chi connectivity index (χ4n) is 3.66. The molecule has 3 aromatic carbocycles. The lowest BCUT2D eigenvalue weighted by Crippen LogP contribution is -2.18. The van der Waals surface area contributed by atoms with E-state index in [1.165, 1.54) is 5.56 Å². The number of carbonyl (C=O) groups is 2. The summed E-state index contributed by atoms with van der Waals surface area (Å²) in [6.45, 7) is 2.76. The Bertz CT molecular complexity index is 992. The van der Waals surface area contributed by atoms with Gasteiger partial charge in [-0.3, -0.25) is 9.59 Å². The van der Waals surface area contributed by atoms with Crippen LogP contribution in [-0.4, -0.2) is 23.5 Å². The normalized spacial score (nSPS) is 11.7. The van der Waals surface area contributed by atoms with E-state index >= 15 is 0 Å². The minimum atomic E-state index is -0.909. The SMILES string of the molecule is CCCOc1ccc(-c2ccc(C(=O)CC(CCCc3ccccc3)C(=O)O)cc2)cc1. The second kappa shape index (κ2) is 11.8. The third-order valence-corrected chi connectivity index (χ3v) is 5.51. The van der Waals surface area contributed by atoms with Crippen molar-refractivity contribution in [2.45, 2.75) is 39.0 Å². The number of ketones is 1. The third kappa shape index (κ3) is 6.81. The van der Waals surface area contributed by atoms with Crippen molar-refractivity contribution in [2.75, 3.05) is 6.61 Å². The first kappa shape index (κ1) is 23.3. The quantitative estimate of drug-likeness (QED) is 0.336. The lowest BCUT2D eigenvalue weighted by molar-refractivity contribution is -0.141. The summed E-state index contributed by atoms with van der Waals surface area (Å²) in [5.41, 5.74) is 3.77. The standard InChI is InChI=1S/C28H30O4/c1-2-19-32-26-17-15-23(16-18-26)22-11-13-24(14-12-22)27(29)20-25(28(30)31)10-6-9-21-7-4-3-5-8-21/h3-5,7-8,11-18,25H,2,6,9-10,19-20H2,1H3,(H,30,31). The summed E-state index contributed by atoms with van der Waals surface area (Å²) in [7, 11) is 0. The Morgan fingerprint density at radius 1 is 0.875 bits per heavy atom. The lowest BCUT2D eigenvalue weighted by atomic mass is 9.92. The van der Waals surface area contributed by atoms with Crippen LogP contribution in [0.25, 0.3) is 11.1 Å². The van der Waals surface area contributed by atoms with E-state index < -0.39 is 11.9 Å². The number of carbonyl (C=O) groups excluding carboxylic acids is 1. The topological polar surface area (TPSA) is 63.6 Å². The summed E-state index contributed by atoms with van der Waals surface area (Å²) in [6.07, 6.45) is 3.03. The van der Waals surface area contributed by atoms with Gasteiger partial charge in [0, 0.05) is 12.0 Å². The first-order chi connectivity index (χ1) is 15.6. The molecule has 3 aromatic rings. The number of carboxylic acids is 1. The van der Waals surface area contributed by atoms with Gasteiger partial charge < -0.3 is 9.84 Å². The molecule has 166 valence electrons. The van der Waals surface area contributed by atoms with Crippen LogP contribution in [0.5, 0.6) is 5.75 Å². The molecule has 0 radical (unpaired) electrons. The number of hydrogen-bond acceptors (Lipinski definition) is 3. The number of Topliss-reactive ketones (excluding diaryl/α,β-unsaturated/α-hetero) is 1. The van der Waals surface area contributed by atoms with Gasteiger partial charge in [-0.15, -0.1) is 0 Å². The molecule has 4 heteroatoms. The molecule has 0 aliphatic rings. The first-order valence-corrected chi connectivity index (χ1v) is 11.2. The smallest absolute Gasteiger partial charge is 0.306 e. The number of ether oxygens (including phenoxy) is 1. The molecule has 1 unspecified atom stereocenters. The predicted molar refractivity (Wildman–Crippen MR) is 127 cm³/mol. The van der Waals surface area contributed by atoms with E-state index in [-0.39, 0.29) is 12.2 Å². The number of rotatable bonds is 12. The Labute approximate surface area is 189 Å². The van der Waals surface area contributed by atoms with Crippen LogP contribution >= 0.6 is 0 Å². The maximum atomic E-state index is 12.7. The van der Waals surface area contributed by atoms with Crippen molar-refractivity contribution >= 4 is 11.8 Å². The van der Waals surface area contributed by atoms with Gasteiger partial charge in [-0.25, -0.2) is 0 Å². The second-order valence-electron chi connectivity index (χ2n) is 7.99. The average Bonchev–Trinajstić information content (AvgIpc) is 2.83. The van der Waals surface area contributed by atoms with Crippen molar-refractivity contribution < 1.29 is 19.4 Å². The molecule has 0 heterocycles. The zero-order chi connectivity index (χ0) is 22.8. The van der Waals surface area contributed by atoms with Gasteiger partial charge in [0.1, 0.15) is 5.75 Å². The zero-order valence-corrected chi connectivity index (χ0v) is 18.5. The van der Waals surface area contributed by atoms with Gasteiger partial charge in [-0.1, -0.05) is 73.7 Å². The molecule has 0 saturated heterocycles. The highest BCUT2D eigenvalue weighted by Crippen LogP contribution is 2.24. The van der Waals surface area contributed by atoms with Gasteiger partial charge >= 0.3 is 5.97 Å². The fourth-order valence-corrected chi connectivity index (χ4v) is 3.66. The largest absolute Gasteiger partial charge is 0.494 e. The summed E-state index contributed by atoms with van der Waals surface area (Å²) in [4.78, 5) is 24.4. The average molecular weight is 431 g/mol. The Kier molecular flexibility index (Phi) is 8.61. The highest BCUT2D eigenvalue weighted by molar-refractivity contribution is 5.98. The van der Waals surface area contributed by atoms with Crippen LogP contribution in [0.15, 0.2) is 78.9 Å². The molecule has 0 aliphatic carbocycles. The van der Waals surface area contributed by atoms with E-state index in [0.29, 0.717) is 18.6 Å². The van der Waals surface area contributed by atoms with Crippen molar-refractivity contribution in [3.8, 4) is 16.9 Å². The monoisotopic (exact) mass is 430 g/mol. The van der Waals surface area contributed by atoms with Gasteiger partial charge in [0.05, 0.1) is 12.5 Å². The van der Waals surface area contributed by atoms with Gasteiger partial charge in [-0.05, 0) is 54.5 Å². The van der Waals surface area contributed by atoms with Gasteiger partial charge in [0.15, 0.2) is 5.78 Å². The highest BCUT2D eigenvalue weighted by atomic mass is 16.5. The van der Waals surface area contributed by atoms with E-state index in [2.05, 4.69) is 6.92 Å². The van der Waals surface area contributed by atoms with Crippen LogP contribution in [0.4, 0.5) is 0 Å². The van der Waals surface area contributed by atoms with Crippen LogP contribution in [0, 0.1) is 5.92 Å². The number of aryl methyl sites for hydroxylation is 1. The molecule has 1 N–H and O–H groups in total. The van der Waals surface area contributed by atoms with E-state index in [1.54, 1.807) is 12.1 Å². The van der Waals surface area contributed by atoms with Gasteiger partial charge in [0.25, 0.3) is 0 Å². The lowest BCUT2D eigenvalue weighted by Gasteiger charge is -2.12. The summed E-state index contributed by atoms with van der Waals surface area (Å²) in [6, 6.07) is 25.2. The Hall–Kier alpha value is -3.40. The molecule has 0 spiro atoms. The fraction of sp³-hybridized carbons (Fsp3) is 0.286. The van der Waals surface area contributed by atoms with E-state index in [1.807, 2.05) is 66.7 Å². The maximum absolute atomic E-state index is 12.7. The van der Waals surface area contributed by atoms with Crippen LogP contribution in [0.2, 0.25) is 0 Å². The van der Waals surface area contributed by atoms with Crippen molar-refractivity contribution in [2.24, 2.45) is 5.92 Å². The number of aliphatic carboxylic acids is 1. The molecule has 3 rings (SSSR count). The molecule has 32 heavy (non-hydrogen) atoms. The molecule has 0 saturated carbocycles. The van der Waals surface area contributed by atoms with Crippen molar-refractivity contribution in [1.82, 2.24) is 0 Å². The molecule has 0 aromatic heterocycles. The molecule has 0 fully saturated rings. The minimum absolute atomic E-state index is 0.0208. The number of benzene rings is 3. The number of hydrogen-bond donors (Lipinski definition) is 1. The summed E-state index contributed by atoms with van der Waals surface area (Å²) < 4.78 is 5.61. The van der Waals surface area contributed by atoms with Crippen molar-refractivity contribution in [1.29, 1.82) is 0 Å². The number of carboxylic acid groups (broad SMARTS) is 1. The van der Waals surface area contributed by atoms with E-state index in [4.69, 9.17) is 4.74 Å². The Balaban J connectivity index is 1.56. The minimum Gasteiger partial charge on any atom is -0.494 e. The van der Waals surface area contributed by atoms with Crippen molar-refractivity contribution in [3.63, 3.8) is 0 Å². The summed E-state index contributed by atoms with van der Waals surface area (Å²) in [5.74, 6) is -0.865. The summed E-state index contributed by atoms with van der Waals surface area (Å²) >= 11 is 0. The molecule has 1 atom stereocenters. The Morgan fingerprint density at radius 3 is 2.09 bits per heavy atom. The molecular formula is C28H30O4. The Morgan fingerprint density at radius 2 is 1.50 bits per heavy atom. The third-order valence-electron chi connectivity index (χ3n) is 5.51. The highest BCUT2D eigenvalue weighted by Gasteiger charge is 2.21. The first-order valence-electron chi connectivity index (χ1n) is 11.2. The van der Waals surface area contributed by atoms with E-state index in [0.717, 1.165) is 36.1 Å². The predicted octanol–water partition coefficient (Wildman–Crippen LogP) is 6.44. The van der Waals surface area contributed by atoms with Crippen LogP contribution < -0.4 is 4.74 Å². The molecular weight excluding hydrogens is 400 g/mol. The van der Waals surface area contributed by atoms with E-state index in [9.17, 15) is 14.7 Å². The maximum Gasteiger partial charge on any atom is 0.306 e. The molecule has 0 bridgehead atoms. The van der Waals surface area contributed by atoms with Crippen LogP contribution in [0.3, 0.4) is 0 Å². The van der Waals surface area contributed by atoms with Crippen molar-refractivity contribution in [3.05, 3.63) is 90.0 Å². The zero-order valence-electron chi connectivity index (χ0n) is 18.5. The van der Waals surface area contributed by atoms with Crippen LogP contribution in [0.1, 0.15) is 48.5 Å². The van der Waals surface area contributed by atoms with Gasteiger partial charge in [0.2, 0.25) is 0 Å². The molecule has 0 aliphatic heterocycles. The van der Waals surface area contributed by atoms with Gasteiger partial charge in [-0.2, -0.15) is 0 Å². The second-order valence-corrected chi connectivity index (χ2v) is 7.99. The molecule has 0 amide bonds. The molecule has 4 nitrogen and oxygen atoms in total.